The summed E-state index contributed by atoms with van der Waals surface area (Å²) in [5.41, 5.74) is 6.47. The summed E-state index contributed by atoms with van der Waals surface area (Å²) >= 11 is 3.43. The van der Waals surface area contributed by atoms with Crippen LogP contribution in [0.3, 0.4) is 0 Å². The molecule has 0 aromatic heterocycles. The third-order valence-corrected chi connectivity index (χ3v) is 4.75. The van der Waals surface area contributed by atoms with E-state index in [-0.39, 0.29) is 11.8 Å². The Labute approximate surface area is 143 Å². The van der Waals surface area contributed by atoms with Gasteiger partial charge < -0.3 is 10.6 Å². The number of rotatable bonds is 0. The molecule has 5 heteroatoms. The summed E-state index contributed by atoms with van der Waals surface area (Å²) < 4.78 is 1.07. The number of nitrogens with one attached hydrogen (secondary N) is 2. The molecule has 4 nitrogen and oxygen atoms in total. The van der Waals surface area contributed by atoms with E-state index in [0.29, 0.717) is 12.8 Å². The largest absolute Gasteiger partial charge is 0.326 e. The Morgan fingerprint density at radius 2 is 1.48 bits per heavy atom. The summed E-state index contributed by atoms with van der Waals surface area (Å²) in [7, 11) is 0. The van der Waals surface area contributed by atoms with Crippen LogP contribution in [0.2, 0.25) is 0 Å². The van der Waals surface area contributed by atoms with Gasteiger partial charge >= 0.3 is 0 Å². The first-order chi connectivity index (χ1) is 10.9. The second kappa shape index (κ2) is 6.16. The second-order valence-electron chi connectivity index (χ2n) is 5.87. The van der Waals surface area contributed by atoms with E-state index >= 15 is 0 Å². The van der Waals surface area contributed by atoms with Crippen LogP contribution in [0, 0.1) is 13.8 Å². The van der Waals surface area contributed by atoms with E-state index in [1.165, 1.54) is 5.56 Å². The number of hydrogen-bond acceptors (Lipinski definition) is 2. The number of benzene rings is 2. The molecular formula is C18H17BrN2O2. The van der Waals surface area contributed by atoms with Crippen LogP contribution in [-0.2, 0) is 22.4 Å². The van der Waals surface area contributed by atoms with Crippen LogP contribution >= 0.6 is 15.9 Å². The van der Waals surface area contributed by atoms with E-state index in [1.54, 1.807) is 0 Å². The molecular weight excluding hydrogens is 356 g/mol. The molecule has 2 aromatic carbocycles. The molecule has 2 aliphatic rings. The van der Waals surface area contributed by atoms with Crippen molar-refractivity contribution in [1.29, 1.82) is 0 Å². The number of carbonyl (C=O) groups excluding carboxylic acids is 2. The molecule has 0 unspecified atom stereocenters. The van der Waals surface area contributed by atoms with Gasteiger partial charge in [0.25, 0.3) is 0 Å². The number of aryl methyl sites for hydroxylation is 2. The highest BCUT2D eigenvalue weighted by Gasteiger charge is 2.18. The molecule has 2 heterocycles. The average Bonchev–Trinajstić information content (AvgIpc) is 3.00. The first-order valence-electron chi connectivity index (χ1n) is 7.40. The maximum atomic E-state index is 11.0. The minimum Gasteiger partial charge on any atom is -0.326 e. The molecule has 23 heavy (non-hydrogen) atoms. The summed E-state index contributed by atoms with van der Waals surface area (Å²) in [5.74, 6) is 0.188. The predicted molar refractivity (Wildman–Crippen MR) is 94.7 cm³/mol. The van der Waals surface area contributed by atoms with Crippen molar-refractivity contribution in [3.8, 4) is 0 Å². The van der Waals surface area contributed by atoms with Crippen LogP contribution in [0.15, 0.2) is 34.8 Å². The molecule has 2 amide bonds. The third-order valence-electron chi connectivity index (χ3n) is 3.90. The van der Waals surface area contributed by atoms with Gasteiger partial charge in [-0.2, -0.15) is 0 Å². The van der Waals surface area contributed by atoms with Crippen molar-refractivity contribution in [2.24, 2.45) is 0 Å². The highest BCUT2D eigenvalue weighted by molar-refractivity contribution is 9.10. The molecule has 2 aliphatic heterocycles. The molecule has 2 N–H and O–H groups in total. The van der Waals surface area contributed by atoms with Crippen molar-refractivity contribution in [3.63, 3.8) is 0 Å². The van der Waals surface area contributed by atoms with Crippen molar-refractivity contribution in [3.05, 3.63) is 57.1 Å². The molecule has 0 radical (unpaired) electrons. The minimum atomic E-state index is 0.0856. The highest BCUT2D eigenvalue weighted by Crippen LogP contribution is 2.29. The topological polar surface area (TPSA) is 58.2 Å². The summed E-state index contributed by atoms with van der Waals surface area (Å²) in [6, 6.07) is 10.0. The number of halogens is 1. The lowest BCUT2D eigenvalue weighted by atomic mass is 10.1. The third kappa shape index (κ3) is 3.45. The van der Waals surface area contributed by atoms with Gasteiger partial charge in [0, 0.05) is 15.8 Å². The van der Waals surface area contributed by atoms with Gasteiger partial charge in [-0.1, -0.05) is 28.1 Å². The van der Waals surface area contributed by atoms with Crippen molar-refractivity contribution in [2.75, 3.05) is 10.6 Å². The molecule has 2 aromatic rings. The standard InChI is InChI=1S/C9H8BrNO.C9H9NO/c1-5-2-8-6(3-7(5)10)4-9(12)11-8;1-6-2-3-7-5-9(11)10-8(7)4-6/h2-3H,4H2,1H3,(H,11,12);2-4H,5H2,1H3,(H,10,11). The lowest BCUT2D eigenvalue weighted by molar-refractivity contribution is -0.115. The SMILES string of the molecule is Cc1cc2c(cc1Br)CC(=O)N2.Cc1ccc2c(c1)NC(=O)C2. The summed E-state index contributed by atoms with van der Waals surface area (Å²) in [6.07, 6.45) is 1.05. The monoisotopic (exact) mass is 372 g/mol. The summed E-state index contributed by atoms with van der Waals surface area (Å²) in [4.78, 5) is 21.9. The van der Waals surface area contributed by atoms with E-state index in [1.807, 2.05) is 44.2 Å². The second-order valence-corrected chi connectivity index (χ2v) is 6.72. The Bertz CT molecular complexity index is 782. The van der Waals surface area contributed by atoms with Gasteiger partial charge in [0.15, 0.2) is 0 Å². The zero-order valence-corrected chi connectivity index (χ0v) is 14.6. The Morgan fingerprint density at radius 3 is 2.17 bits per heavy atom. The quantitative estimate of drug-likeness (QED) is 0.739. The molecule has 0 bridgehead atoms. The van der Waals surface area contributed by atoms with Crippen LogP contribution < -0.4 is 10.6 Å². The van der Waals surface area contributed by atoms with Crippen molar-refractivity contribution < 1.29 is 9.59 Å². The van der Waals surface area contributed by atoms with Gasteiger partial charge in [0.2, 0.25) is 11.8 Å². The van der Waals surface area contributed by atoms with Crippen molar-refractivity contribution in [1.82, 2.24) is 0 Å². The molecule has 0 fully saturated rings. The molecule has 0 saturated carbocycles. The van der Waals surface area contributed by atoms with Gasteiger partial charge in [0.05, 0.1) is 12.8 Å². The maximum Gasteiger partial charge on any atom is 0.228 e. The lowest BCUT2D eigenvalue weighted by Crippen LogP contribution is -2.03. The molecule has 0 spiro atoms. The highest BCUT2D eigenvalue weighted by atomic mass is 79.9. The van der Waals surface area contributed by atoms with E-state index < -0.39 is 0 Å². The maximum absolute atomic E-state index is 11.0. The number of anilines is 2. The van der Waals surface area contributed by atoms with Crippen LogP contribution in [0.1, 0.15) is 22.3 Å². The smallest absolute Gasteiger partial charge is 0.228 e. The lowest BCUT2D eigenvalue weighted by Gasteiger charge is -2.01. The van der Waals surface area contributed by atoms with E-state index in [9.17, 15) is 9.59 Å². The first kappa shape index (κ1) is 15.7. The normalized spacial score (nSPS) is 14.4. The van der Waals surface area contributed by atoms with Crippen LogP contribution in [-0.4, -0.2) is 11.8 Å². The minimum absolute atomic E-state index is 0.0856. The van der Waals surface area contributed by atoms with Crippen molar-refractivity contribution in [2.45, 2.75) is 26.7 Å². The van der Waals surface area contributed by atoms with Gasteiger partial charge in [0.1, 0.15) is 0 Å². The van der Waals surface area contributed by atoms with E-state index in [2.05, 4.69) is 26.6 Å². The average molecular weight is 373 g/mol. The molecule has 0 aliphatic carbocycles. The fraction of sp³-hybridized carbons (Fsp3) is 0.222. The zero-order chi connectivity index (χ0) is 16.6. The Morgan fingerprint density at radius 1 is 0.870 bits per heavy atom. The number of hydrogen-bond donors (Lipinski definition) is 2. The van der Waals surface area contributed by atoms with Gasteiger partial charge in [-0.15, -0.1) is 0 Å². The molecule has 4 rings (SSSR count). The Kier molecular flexibility index (Phi) is 4.22. The van der Waals surface area contributed by atoms with Crippen LogP contribution in [0.25, 0.3) is 0 Å². The Balaban J connectivity index is 0.000000136. The molecule has 118 valence electrons. The van der Waals surface area contributed by atoms with Gasteiger partial charge in [-0.25, -0.2) is 0 Å². The van der Waals surface area contributed by atoms with E-state index in [0.717, 1.165) is 32.5 Å². The fourth-order valence-electron chi connectivity index (χ4n) is 2.68. The predicted octanol–water partition coefficient (Wildman–Crippen LogP) is 3.74. The number of carbonyl (C=O) groups is 2. The molecule has 0 atom stereocenters. The van der Waals surface area contributed by atoms with Gasteiger partial charge in [-0.3, -0.25) is 9.59 Å². The fourth-order valence-corrected chi connectivity index (χ4v) is 3.07. The molecule has 0 saturated heterocycles. The summed E-state index contributed by atoms with van der Waals surface area (Å²) in [6.45, 7) is 4.03. The number of amides is 2. The van der Waals surface area contributed by atoms with Gasteiger partial charge in [-0.05, 0) is 54.3 Å². The first-order valence-corrected chi connectivity index (χ1v) is 8.20. The number of fused-ring (bicyclic) bond motifs is 2. The zero-order valence-electron chi connectivity index (χ0n) is 13.0. The van der Waals surface area contributed by atoms with Crippen molar-refractivity contribution >= 4 is 39.1 Å². The van der Waals surface area contributed by atoms with Crippen LogP contribution in [0.4, 0.5) is 11.4 Å². The summed E-state index contributed by atoms with van der Waals surface area (Å²) in [5, 5.41) is 5.60. The van der Waals surface area contributed by atoms with Crippen LogP contribution in [0.5, 0.6) is 0 Å². The Hall–Kier alpha value is -2.14. The van der Waals surface area contributed by atoms with E-state index in [4.69, 9.17) is 0 Å².